The molecule has 0 saturated carbocycles. The molecule has 2 aliphatic heterocycles. The summed E-state index contributed by atoms with van der Waals surface area (Å²) in [5, 5.41) is 0.114. The summed E-state index contributed by atoms with van der Waals surface area (Å²) in [5.41, 5.74) is 0. The average Bonchev–Trinajstić information content (AvgIpc) is 2.63. The minimum absolute atomic E-state index is 0.0679. The smallest absolute Gasteiger partial charge is 0.207 e. The largest absolute Gasteiger partial charge is 0.244 e. The van der Waals surface area contributed by atoms with Crippen LogP contribution in [0.3, 0.4) is 0 Å². The van der Waals surface area contributed by atoms with Crippen molar-refractivity contribution in [2.24, 2.45) is 0 Å². The molecule has 0 amide bonds. The molecule has 3 nitrogen and oxygen atoms in total. The van der Waals surface area contributed by atoms with Crippen molar-refractivity contribution < 1.29 is 8.42 Å². The first-order chi connectivity index (χ1) is 9.00. The number of halogens is 2. The Kier molecular flexibility index (Phi) is 3.67. The molecule has 0 N–H and O–H groups in total. The van der Waals surface area contributed by atoms with Crippen LogP contribution in [0.15, 0.2) is 33.6 Å². The van der Waals surface area contributed by atoms with Crippen LogP contribution in [0.4, 0.5) is 0 Å². The average molecular weight is 365 g/mol. The first-order valence-corrected chi connectivity index (χ1v) is 9.09. The SMILES string of the molecule is O=S(=O)(c1ccccc1Br)N1C2CCC1CC(Cl)C2. The molecule has 3 rings (SSSR count). The lowest BCUT2D eigenvalue weighted by molar-refractivity contribution is 0.251. The number of alkyl halides is 1. The van der Waals surface area contributed by atoms with Crippen LogP contribution in [0.1, 0.15) is 25.7 Å². The van der Waals surface area contributed by atoms with Crippen LogP contribution in [-0.2, 0) is 10.0 Å². The number of nitrogens with zero attached hydrogens (tertiary/aromatic N) is 1. The molecule has 2 heterocycles. The van der Waals surface area contributed by atoms with Gasteiger partial charge >= 0.3 is 0 Å². The molecule has 0 aromatic heterocycles. The molecular weight excluding hydrogens is 350 g/mol. The third kappa shape index (κ3) is 2.35. The summed E-state index contributed by atoms with van der Waals surface area (Å²) in [6.07, 6.45) is 3.39. The first-order valence-electron chi connectivity index (χ1n) is 6.42. The number of hydrogen-bond acceptors (Lipinski definition) is 2. The standard InChI is InChI=1S/C13H15BrClNO2S/c14-12-3-1-2-4-13(12)19(17,18)16-10-5-6-11(16)8-9(15)7-10/h1-4,9-11H,5-8H2. The van der Waals surface area contributed by atoms with Crippen LogP contribution in [-0.4, -0.2) is 30.2 Å². The fourth-order valence-corrected chi connectivity index (χ4v) is 6.50. The summed E-state index contributed by atoms with van der Waals surface area (Å²) in [4.78, 5) is 0.361. The highest BCUT2D eigenvalue weighted by molar-refractivity contribution is 9.10. The normalized spacial score (nSPS) is 31.6. The lowest BCUT2D eigenvalue weighted by Gasteiger charge is -2.36. The quantitative estimate of drug-likeness (QED) is 0.755. The van der Waals surface area contributed by atoms with Gasteiger partial charge in [-0.2, -0.15) is 4.31 Å². The van der Waals surface area contributed by atoms with Gasteiger partial charge in [0.2, 0.25) is 10.0 Å². The number of sulfonamides is 1. The van der Waals surface area contributed by atoms with Gasteiger partial charge in [0.1, 0.15) is 0 Å². The first kappa shape index (κ1) is 13.9. The number of piperidine rings is 1. The van der Waals surface area contributed by atoms with E-state index in [4.69, 9.17) is 11.6 Å². The molecule has 1 aromatic carbocycles. The monoisotopic (exact) mass is 363 g/mol. The van der Waals surface area contributed by atoms with Crippen molar-refractivity contribution in [1.29, 1.82) is 0 Å². The Morgan fingerprint density at radius 3 is 2.32 bits per heavy atom. The lowest BCUT2D eigenvalue weighted by atomic mass is 10.1. The zero-order valence-corrected chi connectivity index (χ0v) is 13.5. The predicted octanol–water partition coefficient (Wildman–Crippen LogP) is 3.37. The van der Waals surface area contributed by atoms with Gasteiger partial charge in [-0.3, -0.25) is 0 Å². The molecule has 2 aliphatic rings. The van der Waals surface area contributed by atoms with Crippen molar-refractivity contribution in [3.8, 4) is 0 Å². The minimum atomic E-state index is -3.42. The van der Waals surface area contributed by atoms with Gasteiger partial charge in [0.05, 0.1) is 4.90 Å². The van der Waals surface area contributed by atoms with Crippen LogP contribution in [0.5, 0.6) is 0 Å². The van der Waals surface area contributed by atoms with E-state index in [-0.39, 0.29) is 17.5 Å². The van der Waals surface area contributed by atoms with E-state index in [0.717, 1.165) is 25.7 Å². The van der Waals surface area contributed by atoms with Crippen LogP contribution in [0, 0.1) is 0 Å². The molecule has 0 aliphatic carbocycles. The maximum absolute atomic E-state index is 12.8. The molecular formula is C13H15BrClNO2S. The molecule has 1 aromatic rings. The third-order valence-corrected chi connectivity index (χ3v) is 7.37. The summed E-state index contributed by atoms with van der Waals surface area (Å²) < 4.78 is 28.0. The second-order valence-corrected chi connectivity index (χ2v) is 8.50. The highest BCUT2D eigenvalue weighted by atomic mass is 79.9. The molecule has 2 atom stereocenters. The van der Waals surface area contributed by atoms with E-state index in [2.05, 4.69) is 15.9 Å². The Bertz CT molecular complexity index is 578. The minimum Gasteiger partial charge on any atom is -0.207 e. The molecule has 104 valence electrons. The van der Waals surface area contributed by atoms with Crippen LogP contribution >= 0.6 is 27.5 Å². The van der Waals surface area contributed by atoms with Crippen molar-refractivity contribution in [2.45, 2.75) is 48.0 Å². The molecule has 2 unspecified atom stereocenters. The summed E-state index contributed by atoms with van der Waals surface area (Å²) in [6, 6.07) is 7.14. The molecule has 19 heavy (non-hydrogen) atoms. The fourth-order valence-electron chi connectivity index (χ4n) is 3.23. The maximum atomic E-state index is 12.8. The molecule has 6 heteroatoms. The van der Waals surface area contributed by atoms with Crippen molar-refractivity contribution in [1.82, 2.24) is 4.31 Å². The Labute approximate surface area is 127 Å². The van der Waals surface area contributed by atoms with E-state index >= 15 is 0 Å². The second kappa shape index (κ2) is 5.02. The second-order valence-electron chi connectivity index (χ2n) is 5.22. The van der Waals surface area contributed by atoms with Gasteiger partial charge in [-0.1, -0.05) is 12.1 Å². The van der Waals surface area contributed by atoms with Gasteiger partial charge in [0.25, 0.3) is 0 Å². The fraction of sp³-hybridized carbons (Fsp3) is 0.538. The number of hydrogen-bond donors (Lipinski definition) is 0. The molecule has 2 saturated heterocycles. The Morgan fingerprint density at radius 2 is 1.74 bits per heavy atom. The van der Waals surface area contributed by atoms with E-state index in [0.29, 0.717) is 9.37 Å². The van der Waals surface area contributed by atoms with Gasteiger partial charge < -0.3 is 0 Å². The van der Waals surface area contributed by atoms with E-state index in [1.807, 2.05) is 6.07 Å². The summed E-state index contributed by atoms with van der Waals surface area (Å²) in [6.45, 7) is 0. The number of fused-ring (bicyclic) bond motifs is 2. The van der Waals surface area contributed by atoms with Crippen LogP contribution < -0.4 is 0 Å². The predicted molar refractivity (Wildman–Crippen MR) is 78.9 cm³/mol. The summed E-state index contributed by atoms with van der Waals surface area (Å²) in [5.74, 6) is 0. The van der Waals surface area contributed by atoms with Crippen LogP contribution in [0.25, 0.3) is 0 Å². The molecule has 0 spiro atoms. The van der Waals surface area contributed by atoms with E-state index in [1.54, 1.807) is 22.5 Å². The lowest BCUT2D eigenvalue weighted by Crippen LogP contribution is -2.46. The topological polar surface area (TPSA) is 37.4 Å². The zero-order valence-electron chi connectivity index (χ0n) is 10.3. The maximum Gasteiger partial charge on any atom is 0.244 e. The molecule has 2 bridgehead atoms. The van der Waals surface area contributed by atoms with E-state index < -0.39 is 10.0 Å². The number of benzene rings is 1. The van der Waals surface area contributed by atoms with Gasteiger partial charge in [0.15, 0.2) is 0 Å². The van der Waals surface area contributed by atoms with Crippen molar-refractivity contribution in [3.05, 3.63) is 28.7 Å². The highest BCUT2D eigenvalue weighted by Crippen LogP contribution is 2.42. The van der Waals surface area contributed by atoms with E-state index in [1.165, 1.54) is 0 Å². The Balaban J connectivity index is 2.01. The Morgan fingerprint density at radius 1 is 1.16 bits per heavy atom. The Hall–Kier alpha value is -0.100. The third-order valence-electron chi connectivity index (χ3n) is 4.00. The van der Waals surface area contributed by atoms with Crippen LogP contribution in [0.2, 0.25) is 0 Å². The van der Waals surface area contributed by atoms with Gasteiger partial charge in [-0.25, -0.2) is 8.42 Å². The molecule has 2 fully saturated rings. The van der Waals surface area contributed by atoms with Gasteiger partial charge in [0, 0.05) is 21.9 Å². The zero-order chi connectivity index (χ0) is 13.6. The summed E-state index contributed by atoms with van der Waals surface area (Å²) in [7, 11) is -3.42. The van der Waals surface area contributed by atoms with Crippen molar-refractivity contribution >= 4 is 37.6 Å². The van der Waals surface area contributed by atoms with Crippen molar-refractivity contribution in [3.63, 3.8) is 0 Å². The van der Waals surface area contributed by atoms with E-state index in [9.17, 15) is 8.42 Å². The van der Waals surface area contributed by atoms with Gasteiger partial charge in [-0.05, 0) is 53.7 Å². The summed E-state index contributed by atoms with van der Waals surface area (Å²) >= 11 is 9.55. The number of rotatable bonds is 2. The van der Waals surface area contributed by atoms with Crippen molar-refractivity contribution in [2.75, 3.05) is 0 Å². The van der Waals surface area contributed by atoms with Gasteiger partial charge in [-0.15, -0.1) is 11.6 Å². The highest BCUT2D eigenvalue weighted by Gasteiger charge is 2.47. The molecule has 0 radical (unpaired) electrons.